The lowest BCUT2D eigenvalue weighted by molar-refractivity contribution is -0.312. The predicted octanol–water partition coefficient (Wildman–Crippen LogP) is 1.63. The van der Waals surface area contributed by atoms with E-state index in [1.165, 1.54) is 25.1 Å². The molecule has 2 aromatic carbocycles. The Hall–Kier alpha value is -3.46. The number of hydrogen-bond acceptors (Lipinski definition) is 6. The lowest BCUT2D eigenvalue weighted by atomic mass is 10.1. The Morgan fingerprint density at radius 2 is 1.86 bits per heavy atom. The molecule has 29 heavy (non-hydrogen) atoms. The van der Waals surface area contributed by atoms with E-state index in [-0.39, 0.29) is 11.3 Å². The van der Waals surface area contributed by atoms with Gasteiger partial charge in [0, 0.05) is 4.47 Å². The molecule has 0 aliphatic carbocycles. The van der Waals surface area contributed by atoms with Crippen LogP contribution in [0.15, 0.2) is 58.6 Å². The summed E-state index contributed by atoms with van der Waals surface area (Å²) < 4.78 is 5.84. The van der Waals surface area contributed by atoms with Crippen LogP contribution in [-0.4, -0.2) is 29.9 Å². The molecule has 0 bridgehead atoms. The Morgan fingerprint density at radius 3 is 2.48 bits per heavy atom. The van der Waals surface area contributed by atoms with Crippen LogP contribution in [0.1, 0.15) is 12.5 Å². The third kappa shape index (κ3) is 4.52. The summed E-state index contributed by atoms with van der Waals surface area (Å²) in [6, 6.07) is 11.8. The highest BCUT2D eigenvalue weighted by molar-refractivity contribution is 9.10. The molecule has 1 saturated heterocycles. The fraction of sp³-hybridized carbons (Fsp3) is 0.100. The quantitative estimate of drug-likeness (QED) is 0.538. The van der Waals surface area contributed by atoms with Crippen molar-refractivity contribution in [1.82, 2.24) is 5.32 Å². The van der Waals surface area contributed by atoms with Crippen LogP contribution in [-0.2, 0) is 14.4 Å². The zero-order valence-electron chi connectivity index (χ0n) is 15.0. The van der Waals surface area contributed by atoms with Gasteiger partial charge in [0.2, 0.25) is 0 Å². The largest absolute Gasteiger partial charge is 0.546 e. The number of benzene rings is 2. The van der Waals surface area contributed by atoms with Gasteiger partial charge in [0.1, 0.15) is 17.4 Å². The van der Waals surface area contributed by atoms with Crippen molar-refractivity contribution in [1.29, 1.82) is 0 Å². The number of ether oxygens (including phenoxy) is 1. The average molecular weight is 458 g/mol. The molecule has 0 aromatic heterocycles. The lowest BCUT2D eigenvalue weighted by Gasteiger charge is -2.26. The number of carboxylic acid groups (broad SMARTS) is 1. The predicted molar refractivity (Wildman–Crippen MR) is 105 cm³/mol. The SMILES string of the molecule is C[C@H](Oc1ccc(/C=C2/C(=O)NC(=O)N(c3cccc(Br)c3)C2=O)cc1)C(=O)[O-]. The van der Waals surface area contributed by atoms with Gasteiger partial charge >= 0.3 is 6.03 Å². The van der Waals surface area contributed by atoms with Crippen LogP contribution >= 0.6 is 15.9 Å². The standard InChI is InChI=1S/C20H15BrN2O6/c1-11(19(26)27)29-15-7-5-12(6-8-15)9-16-17(24)22-20(28)23(18(16)25)14-4-2-3-13(21)10-14/h2-11H,1H3,(H,26,27)(H,22,24,28)/p-1/b16-9-/t11-/m0/s1. The van der Waals surface area contributed by atoms with E-state index in [4.69, 9.17) is 4.74 Å². The Kier molecular flexibility index (Phi) is 5.79. The zero-order chi connectivity index (χ0) is 21.1. The first kappa shape index (κ1) is 20.3. The molecule has 1 fully saturated rings. The minimum atomic E-state index is -1.35. The highest BCUT2D eigenvalue weighted by Gasteiger charge is 2.36. The fourth-order valence-corrected chi connectivity index (χ4v) is 2.96. The van der Waals surface area contributed by atoms with Crippen LogP contribution in [0.25, 0.3) is 6.08 Å². The molecule has 1 aliphatic heterocycles. The van der Waals surface area contributed by atoms with Gasteiger partial charge in [0.25, 0.3) is 11.8 Å². The average Bonchev–Trinajstić information content (AvgIpc) is 2.66. The second kappa shape index (κ2) is 8.27. The van der Waals surface area contributed by atoms with Crippen molar-refractivity contribution in [2.24, 2.45) is 0 Å². The van der Waals surface area contributed by atoms with Gasteiger partial charge in [-0.1, -0.05) is 34.1 Å². The number of imide groups is 2. The second-order valence-electron chi connectivity index (χ2n) is 6.09. The van der Waals surface area contributed by atoms with Gasteiger partial charge in [-0.2, -0.15) is 0 Å². The van der Waals surface area contributed by atoms with Gasteiger partial charge in [0.05, 0.1) is 11.7 Å². The summed E-state index contributed by atoms with van der Waals surface area (Å²) in [5.74, 6) is -2.63. The van der Waals surface area contributed by atoms with E-state index in [1.54, 1.807) is 36.4 Å². The van der Waals surface area contributed by atoms with E-state index in [1.807, 2.05) is 0 Å². The zero-order valence-corrected chi connectivity index (χ0v) is 16.6. The van der Waals surface area contributed by atoms with Crippen LogP contribution in [0.4, 0.5) is 10.5 Å². The minimum absolute atomic E-state index is 0.221. The Balaban J connectivity index is 1.87. The highest BCUT2D eigenvalue weighted by atomic mass is 79.9. The first-order valence-electron chi connectivity index (χ1n) is 8.41. The number of urea groups is 1. The summed E-state index contributed by atoms with van der Waals surface area (Å²) in [5.41, 5.74) is 0.571. The number of barbiturate groups is 1. The van der Waals surface area contributed by atoms with Crippen LogP contribution < -0.4 is 20.1 Å². The molecule has 148 valence electrons. The van der Waals surface area contributed by atoms with Gasteiger partial charge in [-0.3, -0.25) is 14.9 Å². The smallest absolute Gasteiger partial charge is 0.335 e. The number of nitrogens with one attached hydrogen (secondary N) is 1. The van der Waals surface area contributed by atoms with Crippen molar-refractivity contribution in [2.45, 2.75) is 13.0 Å². The number of halogens is 1. The second-order valence-corrected chi connectivity index (χ2v) is 7.00. The van der Waals surface area contributed by atoms with E-state index < -0.39 is 29.9 Å². The van der Waals surface area contributed by atoms with Crippen molar-refractivity contribution < 1.29 is 29.0 Å². The third-order valence-corrected chi connectivity index (χ3v) is 4.50. The van der Waals surface area contributed by atoms with Crippen LogP contribution in [0.3, 0.4) is 0 Å². The first-order valence-corrected chi connectivity index (χ1v) is 9.20. The van der Waals surface area contributed by atoms with Gasteiger partial charge in [-0.25, -0.2) is 9.69 Å². The normalized spacial score (nSPS) is 16.6. The number of carbonyl (C=O) groups is 4. The Morgan fingerprint density at radius 1 is 1.17 bits per heavy atom. The summed E-state index contributed by atoms with van der Waals surface area (Å²) in [6.07, 6.45) is 0.204. The summed E-state index contributed by atoms with van der Waals surface area (Å²) in [7, 11) is 0. The van der Waals surface area contributed by atoms with Gasteiger partial charge in [0.15, 0.2) is 0 Å². The van der Waals surface area contributed by atoms with Crippen LogP contribution in [0.5, 0.6) is 5.75 Å². The van der Waals surface area contributed by atoms with Gasteiger partial charge < -0.3 is 14.6 Å². The van der Waals surface area contributed by atoms with Crippen molar-refractivity contribution in [3.05, 3.63) is 64.1 Å². The molecule has 2 aromatic rings. The molecular weight excluding hydrogens is 444 g/mol. The topological polar surface area (TPSA) is 116 Å². The van der Waals surface area contributed by atoms with E-state index in [0.29, 0.717) is 15.7 Å². The summed E-state index contributed by atoms with van der Waals surface area (Å²) in [4.78, 5) is 48.8. The molecule has 3 rings (SSSR count). The number of rotatable bonds is 5. The van der Waals surface area contributed by atoms with Crippen LogP contribution in [0.2, 0.25) is 0 Å². The molecule has 1 N–H and O–H groups in total. The van der Waals surface area contributed by atoms with E-state index in [2.05, 4.69) is 21.2 Å². The Bertz CT molecular complexity index is 1030. The summed E-state index contributed by atoms with van der Waals surface area (Å²) >= 11 is 3.28. The third-order valence-electron chi connectivity index (χ3n) is 4.00. The van der Waals surface area contributed by atoms with Gasteiger partial charge in [-0.15, -0.1) is 0 Å². The minimum Gasteiger partial charge on any atom is -0.546 e. The number of carbonyl (C=O) groups excluding carboxylic acids is 4. The highest BCUT2D eigenvalue weighted by Crippen LogP contribution is 2.25. The molecule has 0 spiro atoms. The van der Waals surface area contributed by atoms with Crippen molar-refractivity contribution in [2.75, 3.05) is 4.90 Å². The van der Waals surface area contributed by atoms with Crippen LogP contribution in [0, 0.1) is 0 Å². The molecule has 1 aliphatic rings. The maximum absolute atomic E-state index is 12.8. The first-order chi connectivity index (χ1) is 13.8. The van der Waals surface area contributed by atoms with Gasteiger partial charge in [-0.05, 0) is 48.9 Å². The number of amides is 4. The van der Waals surface area contributed by atoms with E-state index in [0.717, 1.165) is 4.90 Å². The Labute approximate surface area is 173 Å². The number of anilines is 1. The molecule has 4 amide bonds. The number of nitrogens with zero attached hydrogens (tertiary/aromatic N) is 1. The number of carboxylic acids is 1. The number of hydrogen-bond donors (Lipinski definition) is 1. The maximum atomic E-state index is 12.8. The number of aliphatic carboxylic acids is 1. The van der Waals surface area contributed by atoms with Crippen molar-refractivity contribution in [3.8, 4) is 5.75 Å². The maximum Gasteiger partial charge on any atom is 0.335 e. The molecule has 1 heterocycles. The van der Waals surface area contributed by atoms with Crippen molar-refractivity contribution >= 4 is 51.5 Å². The molecule has 8 nitrogen and oxygen atoms in total. The summed E-state index contributed by atoms with van der Waals surface area (Å²) in [5, 5.41) is 12.9. The molecule has 0 saturated carbocycles. The lowest BCUT2D eigenvalue weighted by Crippen LogP contribution is -2.54. The fourth-order valence-electron chi connectivity index (χ4n) is 2.57. The molecule has 1 atom stereocenters. The molecule has 9 heteroatoms. The summed E-state index contributed by atoms with van der Waals surface area (Å²) in [6.45, 7) is 1.34. The monoisotopic (exact) mass is 457 g/mol. The molecule has 0 radical (unpaired) electrons. The molecule has 0 unspecified atom stereocenters. The van der Waals surface area contributed by atoms with Crippen molar-refractivity contribution in [3.63, 3.8) is 0 Å². The van der Waals surface area contributed by atoms with E-state index in [9.17, 15) is 24.3 Å². The van der Waals surface area contributed by atoms with E-state index >= 15 is 0 Å². The molecular formula is C20H14BrN2O6-.